The zero-order valence-corrected chi connectivity index (χ0v) is 12.2. The van der Waals surface area contributed by atoms with Gasteiger partial charge in [-0.05, 0) is 18.6 Å². The monoisotopic (exact) mass is 268 g/mol. The van der Waals surface area contributed by atoms with E-state index in [1.165, 1.54) is 0 Å². The number of aryl methyl sites for hydroxylation is 1. The second kappa shape index (κ2) is 6.75. The van der Waals surface area contributed by atoms with Crippen molar-refractivity contribution in [2.45, 2.75) is 27.4 Å². The molecule has 0 spiro atoms. The van der Waals surface area contributed by atoms with E-state index in [4.69, 9.17) is 4.74 Å². The van der Waals surface area contributed by atoms with Crippen LogP contribution in [0.4, 0.5) is 0 Å². The molecule has 0 atom stereocenters. The third-order valence-corrected chi connectivity index (χ3v) is 2.92. The minimum Gasteiger partial charge on any atom is -0.489 e. The molecule has 3 rings (SSSR count). The molecule has 1 aromatic carbocycles. The predicted octanol–water partition coefficient (Wildman–Crippen LogP) is 4.25. The van der Waals surface area contributed by atoms with Gasteiger partial charge in [0.2, 0.25) is 0 Å². The summed E-state index contributed by atoms with van der Waals surface area (Å²) in [5, 5.41) is 0. The van der Waals surface area contributed by atoms with E-state index in [-0.39, 0.29) is 0 Å². The molecule has 2 aromatic heterocycles. The summed E-state index contributed by atoms with van der Waals surface area (Å²) < 4.78 is 7.79. The van der Waals surface area contributed by atoms with Crippen molar-refractivity contribution in [3.63, 3.8) is 0 Å². The van der Waals surface area contributed by atoms with Crippen LogP contribution >= 0.6 is 0 Å². The van der Waals surface area contributed by atoms with Gasteiger partial charge in [-0.2, -0.15) is 0 Å². The van der Waals surface area contributed by atoms with Gasteiger partial charge in [-0.1, -0.05) is 44.2 Å². The lowest BCUT2D eigenvalue weighted by molar-refractivity contribution is 0.306. The molecule has 0 radical (unpaired) electrons. The van der Waals surface area contributed by atoms with Gasteiger partial charge in [0.25, 0.3) is 0 Å². The van der Waals surface area contributed by atoms with Crippen molar-refractivity contribution in [2.24, 2.45) is 0 Å². The number of rotatable bonds is 3. The standard InChI is InChI=1S/C15H14N2O.C2H6/c1-12-10-16-15-9-14(7-8-17(12)15)18-11-13-5-3-2-4-6-13;1-2/h2-10H,11H2,1H3;1-2H3. The highest BCUT2D eigenvalue weighted by Crippen LogP contribution is 2.16. The first-order valence-electron chi connectivity index (χ1n) is 6.93. The van der Waals surface area contributed by atoms with E-state index < -0.39 is 0 Å². The van der Waals surface area contributed by atoms with Crippen LogP contribution in [0.2, 0.25) is 0 Å². The second-order valence-corrected chi connectivity index (χ2v) is 4.26. The number of nitrogens with zero attached hydrogens (tertiary/aromatic N) is 2. The fraction of sp³-hybridized carbons (Fsp3) is 0.235. The summed E-state index contributed by atoms with van der Waals surface area (Å²) in [4.78, 5) is 4.32. The Labute approximate surface area is 119 Å². The maximum Gasteiger partial charge on any atom is 0.140 e. The Morgan fingerprint density at radius 3 is 2.60 bits per heavy atom. The van der Waals surface area contributed by atoms with Crippen molar-refractivity contribution >= 4 is 5.65 Å². The van der Waals surface area contributed by atoms with Crippen LogP contribution in [0.5, 0.6) is 5.75 Å². The first kappa shape index (κ1) is 14.1. The van der Waals surface area contributed by atoms with E-state index in [0.717, 1.165) is 22.7 Å². The van der Waals surface area contributed by atoms with Gasteiger partial charge in [-0.15, -0.1) is 0 Å². The number of aromatic nitrogens is 2. The third kappa shape index (κ3) is 3.18. The Bertz CT molecular complexity index is 659. The summed E-state index contributed by atoms with van der Waals surface area (Å²) in [5.41, 5.74) is 3.20. The summed E-state index contributed by atoms with van der Waals surface area (Å²) in [6.45, 7) is 6.61. The summed E-state index contributed by atoms with van der Waals surface area (Å²) in [7, 11) is 0. The molecule has 0 fully saturated rings. The van der Waals surface area contributed by atoms with Crippen molar-refractivity contribution in [3.05, 3.63) is 66.1 Å². The number of hydrogen-bond donors (Lipinski definition) is 0. The third-order valence-electron chi connectivity index (χ3n) is 2.92. The van der Waals surface area contributed by atoms with Gasteiger partial charge in [0, 0.05) is 24.2 Å². The molecule has 0 N–H and O–H groups in total. The molecule has 0 unspecified atom stereocenters. The van der Waals surface area contributed by atoms with E-state index in [1.807, 2.05) is 67.9 Å². The van der Waals surface area contributed by atoms with Gasteiger partial charge in [0.1, 0.15) is 18.0 Å². The van der Waals surface area contributed by atoms with E-state index in [1.54, 1.807) is 0 Å². The summed E-state index contributed by atoms with van der Waals surface area (Å²) in [6.07, 6.45) is 3.84. The van der Waals surface area contributed by atoms with E-state index in [0.29, 0.717) is 6.61 Å². The van der Waals surface area contributed by atoms with Crippen LogP contribution in [-0.4, -0.2) is 9.38 Å². The van der Waals surface area contributed by atoms with Gasteiger partial charge in [-0.25, -0.2) is 4.98 Å². The van der Waals surface area contributed by atoms with Crippen LogP contribution < -0.4 is 4.74 Å². The summed E-state index contributed by atoms with van der Waals surface area (Å²) >= 11 is 0. The number of pyridine rings is 1. The molecule has 0 aliphatic rings. The quantitative estimate of drug-likeness (QED) is 0.710. The van der Waals surface area contributed by atoms with Gasteiger partial charge in [0.15, 0.2) is 0 Å². The number of fused-ring (bicyclic) bond motifs is 1. The van der Waals surface area contributed by atoms with E-state index in [2.05, 4.69) is 17.1 Å². The molecular formula is C17H20N2O. The zero-order valence-electron chi connectivity index (χ0n) is 12.2. The highest BCUT2D eigenvalue weighted by atomic mass is 16.5. The van der Waals surface area contributed by atoms with Gasteiger partial charge in [-0.3, -0.25) is 0 Å². The molecule has 0 saturated carbocycles. The lowest BCUT2D eigenvalue weighted by atomic mass is 10.2. The van der Waals surface area contributed by atoms with Crippen LogP contribution in [0.15, 0.2) is 54.9 Å². The minimum atomic E-state index is 0.580. The molecule has 0 bridgehead atoms. The molecular weight excluding hydrogens is 248 g/mol. The molecule has 2 heterocycles. The van der Waals surface area contributed by atoms with Crippen molar-refractivity contribution in [3.8, 4) is 5.75 Å². The Kier molecular flexibility index (Phi) is 4.77. The van der Waals surface area contributed by atoms with Gasteiger partial charge < -0.3 is 9.14 Å². The van der Waals surface area contributed by atoms with Crippen LogP contribution in [0.1, 0.15) is 25.1 Å². The number of ether oxygens (including phenoxy) is 1. The number of hydrogen-bond acceptors (Lipinski definition) is 2. The number of benzene rings is 1. The highest BCUT2D eigenvalue weighted by Gasteiger charge is 2.01. The van der Waals surface area contributed by atoms with Gasteiger partial charge in [0.05, 0.1) is 0 Å². The van der Waals surface area contributed by atoms with Crippen LogP contribution in [0.3, 0.4) is 0 Å². The molecule has 3 aromatic rings. The van der Waals surface area contributed by atoms with Crippen molar-refractivity contribution < 1.29 is 4.74 Å². The first-order chi connectivity index (χ1) is 9.83. The lowest BCUT2D eigenvalue weighted by Crippen LogP contribution is -1.96. The molecule has 0 aliphatic heterocycles. The lowest BCUT2D eigenvalue weighted by Gasteiger charge is -2.06. The smallest absolute Gasteiger partial charge is 0.140 e. The maximum atomic E-state index is 5.76. The fourth-order valence-corrected chi connectivity index (χ4v) is 1.92. The van der Waals surface area contributed by atoms with E-state index >= 15 is 0 Å². The topological polar surface area (TPSA) is 26.5 Å². The largest absolute Gasteiger partial charge is 0.489 e. The SMILES string of the molecule is CC.Cc1cnc2cc(OCc3ccccc3)ccn12. The second-order valence-electron chi connectivity index (χ2n) is 4.26. The molecule has 104 valence electrons. The molecule has 0 amide bonds. The Morgan fingerprint density at radius 1 is 1.10 bits per heavy atom. The molecule has 0 aliphatic carbocycles. The van der Waals surface area contributed by atoms with Crippen molar-refractivity contribution in [1.82, 2.24) is 9.38 Å². The first-order valence-corrected chi connectivity index (χ1v) is 6.93. The van der Waals surface area contributed by atoms with E-state index in [9.17, 15) is 0 Å². The molecule has 20 heavy (non-hydrogen) atoms. The van der Waals surface area contributed by atoms with Crippen molar-refractivity contribution in [1.29, 1.82) is 0 Å². The molecule has 0 saturated heterocycles. The Hall–Kier alpha value is -2.29. The average molecular weight is 268 g/mol. The zero-order chi connectivity index (χ0) is 14.4. The van der Waals surface area contributed by atoms with Crippen LogP contribution in [0.25, 0.3) is 5.65 Å². The summed E-state index contributed by atoms with van der Waals surface area (Å²) in [6, 6.07) is 14.1. The summed E-state index contributed by atoms with van der Waals surface area (Å²) in [5.74, 6) is 0.844. The Balaban J connectivity index is 0.000000704. The average Bonchev–Trinajstić information content (AvgIpc) is 2.89. The minimum absolute atomic E-state index is 0.580. The van der Waals surface area contributed by atoms with Crippen LogP contribution in [0, 0.1) is 6.92 Å². The predicted molar refractivity (Wildman–Crippen MR) is 82.1 cm³/mol. The fourth-order valence-electron chi connectivity index (χ4n) is 1.92. The number of imidazole rings is 1. The maximum absolute atomic E-state index is 5.76. The molecule has 3 nitrogen and oxygen atoms in total. The van der Waals surface area contributed by atoms with Gasteiger partial charge >= 0.3 is 0 Å². The normalized spacial score (nSPS) is 9.95. The van der Waals surface area contributed by atoms with Crippen molar-refractivity contribution in [2.75, 3.05) is 0 Å². The molecule has 3 heteroatoms. The van der Waals surface area contributed by atoms with Crippen LogP contribution in [-0.2, 0) is 6.61 Å². The Morgan fingerprint density at radius 2 is 1.85 bits per heavy atom. The highest BCUT2D eigenvalue weighted by molar-refractivity contribution is 5.45.